The second kappa shape index (κ2) is 3.48. The Bertz CT molecular complexity index is 343. The Balaban J connectivity index is 3.32. The first-order valence-electron chi connectivity index (χ1n) is 3.77. The predicted octanol–water partition coefficient (Wildman–Crippen LogP) is 3.16. The molecule has 5 heteroatoms. The topological polar surface area (TPSA) is 9.23 Å². The maximum Gasteiger partial charge on any atom is 0.419 e. The normalized spacial score (nSPS) is 11.6. The van der Waals surface area contributed by atoms with Crippen molar-refractivity contribution >= 4 is 0 Å². The maximum absolute atomic E-state index is 12.9. The van der Waals surface area contributed by atoms with Crippen LogP contribution in [0.25, 0.3) is 0 Å². The Morgan fingerprint density at radius 2 is 1.79 bits per heavy atom. The van der Waals surface area contributed by atoms with Gasteiger partial charge in [0, 0.05) is 0 Å². The first kappa shape index (κ1) is 10.8. The van der Waals surface area contributed by atoms with Crippen LogP contribution in [0, 0.1) is 12.7 Å². The molecule has 0 bridgehead atoms. The number of hydrogen-bond acceptors (Lipinski definition) is 1. The van der Waals surface area contributed by atoms with Crippen molar-refractivity contribution in [1.82, 2.24) is 0 Å². The van der Waals surface area contributed by atoms with E-state index in [0.717, 1.165) is 6.07 Å². The van der Waals surface area contributed by atoms with Gasteiger partial charge in [-0.2, -0.15) is 13.2 Å². The third kappa shape index (κ3) is 1.97. The molecular weight excluding hydrogens is 200 g/mol. The molecule has 14 heavy (non-hydrogen) atoms. The minimum absolute atomic E-state index is 0.0266. The van der Waals surface area contributed by atoms with Crippen molar-refractivity contribution < 1.29 is 22.3 Å². The Labute approximate surface area is 78.3 Å². The largest absolute Gasteiger partial charge is 0.496 e. The summed E-state index contributed by atoms with van der Waals surface area (Å²) in [5.41, 5.74) is -0.974. The molecule has 0 saturated heterocycles. The summed E-state index contributed by atoms with van der Waals surface area (Å²) in [5.74, 6) is -1.26. The third-order valence-corrected chi connectivity index (χ3v) is 1.79. The fourth-order valence-corrected chi connectivity index (χ4v) is 1.09. The van der Waals surface area contributed by atoms with Crippen molar-refractivity contribution in [3.05, 3.63) is 29.1 Å². The van der Waals surface area contributed by atoms with Crippen LogP contribution in [0.3, 0.4) is 0 Å². The quantitative estimate of drug-likeness (QED) is 0.644. The molecule has 0 aliphatic heterocycles. The van der Waals surface area contributed by atoms with Crippen molar-refractivity contribution in [2.45, 2.75) is 13.1 Å². The van der Waals surface area contributed by atoms with E-state index in [4.69, 9.17) is 0 Å². The van der Waals surface area contributed by atoms with Gasteiger partial charge in [0.05, 0.1) is 12.7 Å². The maximum atomic E-state index is 12.9. The highest BCUT2D eigenvalue weighted by Crippen LogP contribution is 2.34. The van der Waals surface area contributed by atoms with Gasteiger partial charge in [0.1, 0.15) is 11.6 Å². The van der Waals surface area contributed by atoms with E-state index in [0.29, 0.717) is 11.6 Å². The highest BCUT2D eigenvalue weighted by molar-refractivity contribution is 5.38. The number of alkyl halides is 3. The highest BCUT2D eigenvalue weighted by Gasteiger charge is 2.34. The molecule has 0 atom stereocenters. The summed E-state index contributed by atoms with van der Waals surface area (Å²) in [7, 11) is 1.24. The van der Waals surface area contributed by atoms with Crippen molar-refractivity contribution in [3.63, 3.8) is 0 Å². The van der Waals surface area contributed by atoms with Gasteiger partial charge in [0.25, 0.3) is 0 Å². The van der Waals surface area contributed by atoms with Crippen LogP contribution < -0.4 is 4.74 Å². The minimum atomic E-state index is -4.69. The lowest BCUT2D eigenvalue weighted by Crippen LogP contribution is -2.08. The van der Waals surface area contributed by atoms with Gasteiger partial charge in [-0.3, -0.25) is 0 Å². The smallest absolute Gasteiger partial charge is 0.419 e. The second-order valence-electron chi connectivity index (χ2n) is 2.80. The fraction of sp³-hybridized carbons (Fsp3) is 0.333. The van der Waals surface area contributed by atoms with Gasteiger partial charge in [-0.25, -0.2) is 4.39 Å². The second-order valence-corrected chi connectivity index (χ2v) is 2.80. The molecular formula is C9H8F4O. The van der Waals surface area contributed by atoms with E-state index in [-0.39, 0.29) is 5.75 Å². The third-order valence-electron chi connectivity index (χ3n) is 1.79. The van der Waals surface area contributed by atoms with Crippen molar-refractivity contribution in [1.29, 1.82) is 0 Å². The van der Waals surface area contributed by atoms with Gasteiger partial charge < -0.3 is 4.74 Å². The van der Waals surface area contributed by atoms with E-state index in [1.54, 1.807) is 0 Å². The molecule has 0 unspecified atom stereocenters. The highest BCUT2D eigenvalue weighted by atomic mass is 19.4. The molecule has 0 radical (unpaired) electrons. The standard InChI is InChI=1S/C9H8F4O/c1-5-3-7(10)6(9(11,12)13)4-8(5)14-2/h3-4H,1-2H3. The first-order chi connectivity index (χ1) is 6.36. The van der Waals surface area contributed by atoms with Crippen molar-refractivity contribution in [2.75, 3.05) is 7.11 Å². The summed E-state index contributed by atoms with van der Waals surface area (Å²) in [5, 5.41) is 0. The molecule has 0 N–H and O–H groups in total. The van der Waals surface area contributed by atoms with Crippen LogP contribution in [-0.4, -0.2) is 7.11 Å². The Hall–Kier alpha value is -1.26. The molecule has 0 aromatic heterocycles. The van der Waals surface area contributed by atoms with Crippen LogP contribution in [-0.2, 0) is 6.18 Å². The zero-order valence-electron chi connectivity index (χ0n) is 7.57. The summed E-state index contributed by atoms with van der Waals surface area (Å²) in [6, 6.07) is 1.46. The number of ether oxygens (including phenoxy) is 1. The van der Waals surface area contributed by atoms with E-state index in [1.165, 1.54) is 14.0 Å². The van der Waals surface area contributed by atoms with Gasteiger partial charge in [-0.15, -0.1) is 0 Å². The Morgan fingerprint density at radius 1 is 1.21 bits per heavy atom. The predicted molar refractivity (Wildman–Crippen MR) is 42.7 cm³/mol. The molecule has 1 nitrogen and oxygen atoms in total. The average molecular weight is 208 g/mol. The molecule has 0 amide bonds. The molecule has 0 aliphatic rings. The lowest BCUT2D eigenvalue weighted by atomic mass is 10.1. The van der Waals surface area contributed by atoms with Crippen LogP contribution >= 0.6 is 0 Å². The Morgan fingerprint density at radius 3 is 2.21 bits per heavy atom. The summed E-state index contributed by atoms with van der Waals surface area (Å²) >= 11 is 0. The van der Waals surface area contributed by atoms with Gasteiger partial charge in [0.15, 0.2) is 0 Å². The number of methoxy groups -OCH3 is 1. The van der Waals surface area contributed by atoms with Gasteiger partial charge in [-0.1, -0.05) is 0 Å². The number of halogens is 4. The molecule has 1 rings (SSSR count). The van der Waals surface area contributed by atoms with Crippen molar-refractivity contribution in [2.24, 2.45) is 0 Å². The molecule has 1 aromatic carbocycles. The SMILES string of the molecule is COc1cc(C(F)(F)F)c(F)cc1C. The van der Waals surface area contributed by atoms with Crippen molar-refractivity contribution in [3.8, 4) is 5.75 Å². The fourth-order valence-electron chi connectivity index (χ4n) is 1.09. The van der Waals surface area contributed by atoms with Gasteiger partial charge in [0.2, 0.25) is 0 Å². The van der Waals surface area contributed by atoms with Crippen LogP contribution in [0.5, 0.6) is 5.75 Å². The van der Waals surface area contributed by atoms with Gasteiger partial charge in [-0.05, 0) is 24.6 Å². The summed E-state index contributed by atoms with van der Waals surface area (Å²) in [6.45, 7) is 1.47. The Kier molecular flexibility index (Phi) is 2.69. The summed E-state index contributed by atoms with van der Waals surface area (Å²) in [4.78, 5) is 0. The minimum Gasteiger partial charge on any atom is -0.496 e. The number of benzene rings is 1. The molecule has 0 fully saturated rings. The summed E-state index contributed by atoms with van der Waals surface area (Å²) < 4.78 is 54.2. The molecule has 0 saturated carbocycles. The number of hydrogen-bond donors (Lipinski definition) is 0. The van der Waals surface area contributed by atoms with Crippen LogP contribution in [0.1, 0.15) is 11.1 Å². The molecule has 0 spiro atoms. The van der Waals surface area contributed by atoms with E-state index in [1.807, 2.05) is 0 Å². The van der Waals surface area contributed by atoms with Crippen LogP contribution in [0.4, 0.5) is 17.6 Å². The van der Waals surface area contributed by atoms with E-state index >= 15 is 0 Å². The van der Waals surface area contributed by atoms with Crippen LogP contribution in [0.15, 0.2) is 12.1 Å². The van der Waals surface area contributed by atoms with E-state index in [9.17, 15) is 17.6 Å². The zero-order chi connectivity index (χ0) is 10.9. The number of rotatable bonds is 1. The molecule has 0 aliphatic carbocycles. The zero-order valence-corrected chi connectivity index (χ0v) is 7.57. The first-order valence-corrected chi connectivity index (χ1v) is 3.77. The van der Waals surface area contributed by atoms with Crippen LogP contribution in [0.2, 0.25) is 0 Å². The lowest BCUT2D eigenvalue weighted by molar-refractivity contribution is -0.140. The van der Waals surface area contributed by atoms with E-state index < -0.39 is 17.6 Å². The molecule has 1 aromatic rings. The van der Waals surface area contributed by atoms with Gasteiger partial charge >= 0.3 is 6.18 Å². The number of aryl methyl sites for hydroxylation is 1. The lowest BCUT2D eigenvalue weighted by Gasteiger charge is -2.11. The monoisotopic (exact) mass is 208 g/mol. The van der Waals surface area contributed by atoms with E-state index in [2.05, 4.69) is 4.74 Å². The molecule has 78 valence electrons. The average Bonchev–Trinajstić information content (AvgIpc) is 2.02. The summed E-state index contributed by atoms with van der Waals surface area (Å²) in [6.07, 6.45) is -4.69. The molecule has 0 heterocycles.